The van der Waals surface area contributed by atoms with Gasteiger partial charge < -0.3 is 24.7 Å². The molecule has 47 heavy (non-hydrogen) atoms. The summed E-state index contributed by atoms with van der Waals surface area (Å²) >= 11 is 6.34. The van der Waals surface area contributed by atoms with Gasteiger partial charge in [0.25, 0.3) is 0 Å². The van der Waals surface area contributed by atoms with Crippen LogP contribution in [-0.2, 0) is 18.9 Å². The quantitative estimate of drug-likeness (QED) is 0.0963. The zero-order valence-corrected chi connectivity index (χ0v) is 25.7. The molecule has 5 aromatic rings. The van der Waals surface area contributed by atoms with E-state index in [2.05, 4.69) is 21.5 Å². The van der Waals surface area contributed by atoms with Gasteiger partial charge in [-0.15, -0.1) is 0 Å². The summed E-state index contributed by atoms with van der Waals surface area (Å²) in [5, 5.41) is -0.0214. The predicted molar refractivity (Wildman–Crippen MR) is 170 cm³/mol. The Morgan fingerprint density at radius 2 is 1.45 bits per heavy atom. The first-order chi connectivity index (χ1) is 22.7. The Hall–Kier alpha value is -5.59. The number of nitrogens with two attached hydrogens (primary N) is 1. The Morgan fingerprint density at radius 1 is 0.894 bits per heavy atom. The molecule has 0 spiro atoms. The summed E-state index contributed by atoms with van der Waals surface area (Å²) < 4.78 is 26.1. The molecular formula is C34H28ClN5O7. The van der Waals surface area contributed by atoms with Crippen molar-refractivity contribution in [3.63, 3.8) is 0 Å². The molecule has 0 saturated carbocycles. The molecule has 0 unspecified atom stereocenters. The molecule has 1 saturated heterocycles. The van der Waals surface area contributed by atoms with Gasteiger partial charge in [-0.25, -0.2) is 19.4 Å². The molecule has 0 bridgehead atoms. The fourth-order valence-corrected chi connectivity index (χ4v) is 5.62. The molecule has 4 atom stereocenters. The van der Waals surface area contributed by atoms with E-state index in [9.17, 15) is 14.4 Å². The molecule has 3 aromatic carbocycles. The van der Waals surface area contributed by atoms with Gasteiger partial charge in [-0.3, -0.25) is 4.57 Å². The molecule has 3 heterocycles. The number of ether oxygens (including phenoxy) is 4. The van der Waals surface area contributed by atoms with Crippen LogP contribution in [0.5, 0.6) is 0 Å². The summed E-state index contributed by atoms with van der Waals surface area (Å²) in [6, 6.07) is 24.8. The van der Waals surface area contributed by atoms with Crippen molar-refractivity contribution in [1.82, 2.24) is 19.5 Å². The summed E-state index contributed by atoms with van der Waals surface area (Å²) in [5.41, 5.74) is 5.31. The molecule has 0 amide bonds. The van der Waals surface area contributed by atoms with Crippen LogP contribution in [0.3, 0.4) is 0 Å². The first kappa shape index (κ1) is 31.4. The van der Waals surface area contributed by atoms with E-state index < -0.39 is 48.6 Å². The second kappa shape index (κ2) is 13.0. The maximum Gasteiger partial charge on any atom is 0.339 e. The third kappa shape index (κ3) is 6.03. The van der Waals surface area contributed by atoms with Gasteiger partial charge in [0, 0.05) is 0 Å². The highest BCUT2D eigenvalue weighted by Gasteiger charge is 2.64. The molecule has 2 aromatic heterocycles. The van der Waals surface area contributed by atoms with E-state index in [1.54, 1.807) is 97.9 Å². The van der Waals surface area contributed by atoms with E-state index in [1.807, 2.05) is 0 Å². The highest BCUT2D eigenvalue weighted by atomic mass is 35.5. The summed E-state index contributed by atoms with van der Waals surface area (Å²) in [6.07, 6.45) is -2.55. The molecule has 2 N–H and O–H groups in total. The number of hydrogen-bond donors (Lipinski definition) is 1. The third-order valence-electron chi connectivity index (χ3n) is 7.65. The van der Waals surface area contributed by atoms with E-state index in [0.29, 0.717) is 5.56 Å². The molecule has 12 nitrogen and oxygen atoms in total. The van der Waals surface area contributed by atoms with Gasteiger partial charge in [-0.2, -0.15) is 9.97 Å². The van der Waals surface area contributed by atoms with Crippen LogP contribution < -0.4 is 5.73 Å². The predicted octanol–water partition coefficient (Wildman–Crippen LogP) is 5.21. The van der Waals surface area contributed by atoms with Crippen molar-refractivity contribution in [3.05, 3.63) is 131 Å². The van der Waals surface area contributed by atoms with Crippen molar-refractivity contribution >= 4 is 46.6 Å². The van der Waals surface area contributed by atoms with Crippen molar-refractivity contribution in [2.75, 3.05) is 12.3 Å². The number of rotatable bonds is 9. The summed E-state index contributed by atoms with van der Waals surface area (Å²) in [6.45, 7) is 5.36. The maximum atomic E-state index is 13.8. The van der Waals surface area contributed by atoms with E-state index in [4.69, 9.17) is 36.3 Å². The lowest BCUT2D eigenvalue weighted by atomic mass is 9.86. The number of carbonyl (C=O) groups excluding carboxylic acids is 3. The summed E-state index contributed by atoms with van der Waals surface area (Å²) in [4.78, 5) is 53.1. The largest absolute Gasteiger partial charge is 0.459 e. The van der Waals surface area contributed by atoms with Crippen LogP contribution in [0.1, 0.15) is 44.2 Å². The van der Waals surface area contributed by atoms with Crippen LogP contribution in [-0.4, -0.2) is 61.8 Å². The van der Waals surface area contributed by atoms with Gasteiger partial charge in [0.2, 0.25) is 11.5 Å². The number of imidazole rings is 1. The van der Waals surface area contributed by atoms with Crippen molar-refractivity contribution in [3.8, 4) is 0 Å². The van der Waals surface area contributed by atoms with Crippen LogP contribution >= 0.6 is 11.6 Å². The Morgan fingerprint density at radius 3 is 2.02 bits per heavy atom. The molecule has 1 fully saturated rings. The normalized spacial score (nSPS) is 20.4. The van der Waals surface area contributed by atoms with Crippen molar-refractivity contribution in [2.24, 2.45) is 0 Å². The number of hydrogen-bond acceptors (Lipinski definition) is 11. The minimum atomic E-state index is -1.93. The first-order valence-electron chi connectivity index (χ1n) is 14.4. The van der Waals surface area contributed by atoms with E-state index in [0.717, 1.165) is 0 Å². The fourth-order valence-electron chi connectivity index (χ4n) is 5.40. The van der Waals surface area contributed by atoms with E-state index in [1.165, 1.54) is 10.9 Å². The monoisotopic (exact) mass is 653 g/mol. The molecule has 1 aliphatic rings. The van der Waals surface area contributed by atoms with Crippen molar-refractivity contribution in [2.45, 2.75) is 31.0 Å². The number of benzene rings is 3. The number of halogens is 1. The molecule has 0 aliphatic carbocycles. The van der Waals surface area contributed by atoms with Gasteiger partial charge in [0.1, 0.15) is 18.2 Å². The molecular weight excluding hydrogens is 626 g/mol. The topological polar surface area (TPSA) is 158 Å². The number of esters is 3. The van der Waals surface area contributed by atoms with Crippen LogP contribution in [0.15, 0.2) is 109 Å². The number of fused-ring (bicyclic) bond motifs is 1. The Labute approximate surface area is 273 Å². The number of nitrogens with zero attached hydrogens (tertiary/aromatic N) is 4. The van der Waals surface area contributed by atoms with E-state index >= 15 is 0 Å². The lowest BCUT2D eigenvalue weighted by Crippen LogP contribution is -2.53. The SMILES string of the molecule is C=C(C)[C@@]1(OC(=O)c2ccccc2)[C@H](OC(=O)c2ccccc2)[C@@H](COC(=O)c2ccccc2)O[C@H]1n1cnc2c(Cl)nc(N)nc21. The molecule has 238 valence electrons. The smallest absolute Gasteiger partial charge is 0.339 e. The average Bonchev–Trinajstić information content (AvgIpc) is 3.64. The third-order valence-corrected chi connectivity index (χ3v) is 7.91. The van der Waals surface area contributed by atoms with Crippen LogP contribution in [0.25, 0.3) is 11.2 Å². The van der Waals surface area contributed by atoms with Gasteiger partial charge >= 0.3 is 17.9 Å². The van der Waals surface area contributed by atoms with Crippen molar-refractivity contribution in [1.29, 1.82) is 0 Å². The van der Waals surface area contributed by atoms with Crippen LogP contribution in [0.4, 0.5) is 5.95 Å². The molecule has 13 heteroatoms. The highest BCUT2D eigenvalue weighted by Crippen LogP contribution is 2.49. The van der Waals surface area contributed by atoms with Gasteiger partial charge in [0.15, 0.2) is 23.1 Å². The molecule has 1 aliphatic heterocycles. The summed E-state index contributed by atoms with van der Waals surface area (Å²) in [7, 11) is 0. The van der Waals surface area contributed by atoms with E-state index in [-0.39, 0.29) is 39.0 Å². The van der Waals surface area contributed by atoms with Gasteiger partial charge in [-0.05, 0) is 48.9 Å². The molecule has 6 rings (SSSR count). The number of aromatic nitrogens is 4. The maximum absolute atomic E-state index is 13.8. The first-order valence-corrected chi connectivity index (χ1v) is 14.8. The number of nitrogen functional groups attached to an aromatic ring is 1. The average molecular weight is 654 g/mol. The van der Waals surface area contributed by atoms with Crippen molar-refractivity contribution < 1.29 is 33.3 Å². The fraction of sp³-hybridized carbons (Fsp3) is 0.176. The lowest BCUT2D eigenvalue weighted by molar-refractivity contribution is -0.0977. The Kier molecular flexibility index (Phi) is 8.70. The minimum Gasteiger partial charge on any atom is -0.459 e. The zero-order valence-electron chi connectivity index (χ0n) is 25.0. The Bertz CT molecular complexity index is 1960. The van der Waals surface area contributed by atoms with Crippen LogP contribution in [0, 0.1) is 0 Å². The molecule has 0 radical (unpaired) electrons. The standard InChI is InChI=1S/C34H28ClN5O7/c1-20(2)34(47-31(43)23-16-10-5-11-17-23)26(46-30(42)22-14-8-4-9-15-22)24(18-44-29(41)21-12-6-3-7-13-21)45-32(34)40-19-37-25-27(35)38-33(36)39-28(25)40/h3-17,19,24,26,32H,1,18H2,2H3,(H2,36,38,39)/t24-,26-,32-,34-/m1/s1. The lowest BCUT2D eigenvalue weighted by Gasteiger charge is -2.38. The van der Waals surface area contributed by atoms with Crippen LogP contribution in [0.2, 0.25) is 5.15 Å². The summed E-state index contributed by atoms with van der Waals surface area (Å²) in [5.74, 6) is -2.30. The minimum absolute atomic E-state index is 0.0214. The second-order valence-corrected chi connectivity index (χ2v) is 11.1. The Balaban J connectivity index is 1.49. The number of anilines is 1. The zero-order chi connectivity index (χ0) is 33.1. The highest BCUT2D eigenvalue weighted by molar-refractivity contribution is 6.33. The van der Waals surface area contributed by atoms with Gasteiger partial charge in [0.05, 0.1) is 23.0 Å². The second-order valence-electron chi connectivity index (χ2n) is 10.7. The van der Waals surface area contributed by atoms with Gasteiger partial charge in [-0.1, -0.05) is 72.8 Å². The number of carbonyl (C=O) groups is 3.